The van der Waals surface area contributed by atoms with Crippen molar-refractivity contribution < 1.29 is 4.79 Å². The Morgan fingerprint density at radius 3 is 2.95 bits per heavy atom. The fraction of sp³-hybridized carbons (Fsp3) is 0.154. The summed E-state index contributed by atoms with van der Waals surface area (Å²) in [5.74, 6) is -0.447. The van der Waals surface area contributed by atoms with Crippen molar-refractivity contribution >= 4 is 33.2 Å². The van der Waals surface area contributed by atoms with Crippen LogP contribution in [0.25, 0.3) is 0 Å². The van der Waals surface area contributed by atoms with Gasteiger partial charge in [-0.05, 0) is 24.6 Å². The van der Waals surface area contributed by atoms with Gasteiger partial charge in [-0.2, -0.15) is 10.4 Å². The van der Waals surface area contributed by atoms with Crippen molar-refractivity contribution in [1.82, 2.24) is 10.2 Å². The number of nitriles is 1. The summed E-state index contributed by atoms with van der Waals surface area (Å²) < 4.78 is 0.764. The highest BCUT2D eigenvalue weighted by atomic mass is 79.9. The zero-order valence-electron chi connectivity index (χ0n) is 10.7. The Hall–Kier alpha value is -2.33. The lowest BCUT2D eigenvalue weighted by molar-refractivity contribution is 0.102. The molecule has 1 heterocycles. The van der Waals surface area contributed by atoms with Crippen molar-refractivity contribution in [3.63, 3.8) is 0 Å². The molecule has 20 heavy (non-hydrogen) atoms. The number of carbonyl (C=O) groups is 1. The summed E-state index contributed by atoms with van der Waals surface area (Å²) in [6, 6.07) is 7.03. The molecular formula is C13H12BrN5O. The highest BCUT2D eigenvalue weighted by Crippen LogP contribution is 2.22. The molecule has 7 heteroatoms. The van der Waals surface area contributed by atoms with E-state index in [9.17, 15) is 4.79 Å². The third kappa shape index (κ3) is 2.65. The van der Waals surface area contributed by atoms with E-state index in [1.165, 1.54) is 0 Å². The Kier molecular flexibility index (Phi) is 4.05. The summed E-state index contributed by atoms with van der Waals surface area (Å²) >= 11 is 3.27. The van der Waals surface area contributed by atoms with E-state index in [-0.39, 0.29) is 5.69 Å². The Bertz CT molecular complexity index is 701. The monoisotopic (exact) mass is 333 g/mol. The van der Waals surface area contributed by atoms with E-state index in [4.69, 9.17) is 11.0 Å². The Morgan fingerprint density at radius 2 is 2.35 bits per heavy atom. The molecule has 0 aliphatic heterocycles. The molecule has 1 aromatic heterocycles. The number of aromatic amines is 1. The molecule has 0 aliphatic rings. The van der Waals surface area contributed by atoms with Crippen molar-refractivity contribution in [2.24, 2.45) is 0 Å². The lowest BCUT2D eigenvalue weighted by Crippen LogP contribution is -2.15. The number of nitrogens with zero attached hydrogens (tertiary/aromatic N) is 2. The minimum Gasteiger partial charge on any atom is -0.395 e. The minimum absolute atomic E-state index is 0.133. The van der Waals surface area contributed by atoms with Crippen LogP contribution in [-0.2, 0) is 6.42 Å². The molecule has 0 unspecified atom stereocenters. The number of nitrogen functional groups attached to an aromatic ring is 1. The van der Waals surface area contributed by atoms with Gasteiger partial charge in [0.15, 0.2) is 5.69 Å². The Morgan fingerprint density at radius 1 is 1.60 bits per heavy atom. The highest BCUT2D eigenvalue weighted by Gasteiger charge is 2.17. The predicted molar refractivity (Wildman–Crippen MR) is 79.2 cm³/mol. The van der Waals surface area contributed by atoms with Gasteiger partial charge in [-0.1, -0.05) is 22.9 Å². The van der Waals surface area contributed by atoms with Crippen molar-refractivity contribution in [3.8, 4) is 6.07 Å². The molecular weight excluding hydrogens is 322 g/mol. The number of benzene rings is 1. The third-order valence-corrected chi connectivity index (χ3v) is 3.30. The van der Waals surface area contributed by atoms with Gasteiger partial charge >= 0.3 is 0 Å². The van der Waals surface area contributed by atoms with Crippen LogP contribution in [0.4, 0.5) is 11.4 Å². The number of amides is 1. The van der Waals surface area contributed by atoms with E-state index in [0.717, 1.165) is 4.47 Å². The maximum atomic E-state index is 12.1. The molecule has 0 bridgehead atoms. The first-order valence-corrected chi connectivity index (χ1v) is 6.69. The van der Waals surface area contributed by atoms with E-state index < -0.39 is 5.91 Å². The van der Waals surface area contributed by atoms with Gasteiger partial charge in [-0.15, -0.1) is 0 Å². The van der Waals surface area contributed by atoms with Crippen LogP contribution in [0.15, 0.2) is 22.7 Å². The predicted octanol–water partition coefficient (Wildman–Crippen LogP) is 2.44. The first kappa shape index (κ1) is 14.1. The van der Waals surface area contributed by atoms with Crippen molar-refractivity contribution in [2.45, 2.75) is 13.3 Å². The number of hydrogen-bond donors (Lipinski definition) is 3. The maximum Gasteiger partial charge on any atom is 0.278 e. The second kappa shape index (κ2) is 5.75. The molecule has 0 fully saturated rings. The molecule has 0 atom stereocenters. The SMILES string of the molecule is CCc1[nH]nc(C(=O)Nc2ccc(Br)cc2C#N)c1N. The molecule has 0 saturated carbocycles. The van der Waals surface area contributed by atoms with E-state index in [1.54, 1.807) is 18.2 Å². The number of halogens is 1. The Balaban J connectivity index is 2.28. The lowest BCUT2D eigenvalue weighted by atomic mass is 10.2. The summed E-state index contributed by atoms with van der Waals surface area (Å²) in [6.07, 6.45) is 0.661. The lowest BCUT2D eigenvalue weighted by Gasteiger charge is -2.06. The zero-order chi connectivity index (χ0) is 14.7. The van der Waals surface area contributed by atoms with Crippen molar-refractivity contribution in [1.29, 1.82) is 5.26 Å². The number of anilines is 2. The molecule has 1 amide bonds. The van der Waals surface area contributed by atoms with Crippen molar-refractivity contribution in [2.75, 3.05) is 11.1 Å². The van der Waals surface area contributed by atoms with Gasteiger partial charge < -0.3 is 11.1 Å². The first-order chi connectivity index (χ1) is 9.56. The zero-order valence-corrected chi connectivity index (χ0v) is 12.3. The van der Waals surface area contributed by atoms with Gasteiger partial charge in [0.25, 0.3) is 5.91 Å². The van der Waals surface area contributed by atoms with Crippen LogP contribution >= 0.6 is 15.9 Å². The second-order valence-corrected chi connectivity index (χ2v) is 4.99. The minimum atomic E-state index is -0.447. The number of H-pyrrole nitrogens is 1. The molecule has 6 nitrogen and oxygen atoms in total. The number of nitrogens with one attached hydrogen (secondary N) is 2. The van der Waals surface area contributed by atoms with Crippen LogP contribution in [-0.4, -0.2) is 16.1 Å². The van der Waals surface area contributed by atoms with Gasteiger partial charge in [-0.3, -0.25) is 9.89 Å². The molecule has 0 saturated heterocycles. The van der Waals surface area contributed by atoms with Crippen LogP contribution < -0.4 is 11.1 Å². The molecule has 2 aromatic rings. The number of hydrogen-bond acceptors (Lipinski definition) is 4. The standard InChI is InChI=1S/C13H12BrN5O/c1-2-9-11(16)12(19-18-9)13(20)17-10-4-3-8(14)5-7(10)6-15/h3-5H,2,16H2,1H3,(H,17,20)(H,18,19). The van der Waals surface area contributed by atoms with Gasteiger partial charge in [0.05, 0.1) is 22.6 Å². The normalized spacial score (nSPS) is 10.1. The largest absolute Gasteiger partial charge is 0.395 e. The maximum absolute atomic E-state index is 12.1. The van der Waals surface area contributed by atoms with E-state index in [1.807, 2.05) is 13.0 Å². The molecule has 1 aromatic carbocycles. The van der Waals surface area contributed by atoms with Gasteiger partial charge in [0.2, 0.25) is 0 Å². The molecule has 2 rings (SSSR count). The van der Waals surface area contributed by atoms with Crippen LogP contribution in [0, 0.1) is 11.3 Å². The third-order valence-electron chi connectivity index (χ3n) is 2.80. The van der Waals surface area contributed by atoms with E-state index in [0.29, 0.717) is 29.1 Å². The fourth-order valence-electron chi connectivity index (χ4n) is 1.73. The van der Waals surface area contributed by atoms with Gasteiger partial charge in [-0.25, -0.2) is 0 Å². The summed E-state index contributed by atoms with van der Waals surface area (Å²) in [5.41, 5.74) is 7.79. The summed E-state index contributed by atoms with van der Waals surface area (Å²) in [6.45, 7) is 1.91. The number of rotatable bonds is 3. The van der Waals surface area contributed by atoms with Crippen LogP contribution in [0.1, 0.15) is 28.7 Å². The average Bonchev–Trinajstić information content (AvgIpc) is 2.81. The smallest absolute Gasteiger partial charge is 0.278 e. The number of aryl methyl sites for hydroxylation is 1. The van der Waals surface area contributed by atoms with Gasteiger partial charge in [0, 0.05) is 4.47 Å². The second-order valence-electron chi connectivity index (χ2n) is 4.07. The first-order valence-electron chi connectivity index (χ1n) is 5.90. The number of carbonyl (C=O) groups excluding carboxylic acids is 1. The quantitative estimate of drug-likeness (QED) is 0.801. The molecule has 0 radical (unpaired) electrons. The number of aromatic nitrogens is 2. The fourth-order valence-corrected chi connectivity index (χ4v) is 2.09. The summed E-state index contributed by atoms with van der Waals surface area (Å²) in [5, 5.41) is 18.3. The van der Waals surface area contributed by atoms with E-state index >= 15 is 0 Å². The molecule has 0 aliphatic carbocycles. The van der Waals surface area contributed by atoms with Crippen LogP contribution in [0.3, 0.4) is 0 Å². The van der Waals surface area contributed by atoms with E-state index in [2.05, 4.69) is 31.4 Å². The number of nitrogens with two attached hydrogens (primary N) is 1. The van der Waals surface area contributed by atoms with Crippen LogP contribution in [0.2, 0.25) is 0 Å². The Labute approximate surface area is 124 Å². The van der Waals surface area contributed by atoms with Crippen molar-refractivity contribution in [3.05, 3.63) is 39.6 Å². The molecule has 4 N–H and O–H groups in total. The van der Waals surface area contributed by atoms with Gasteiger partial charge in [0.1, 0.15) is 6.07 Å². The summed E-state index contributed by atoms with van der Waals surface area (Å²) in [7, 11) is 0. The average molecular weight is 334 g/mol. The van der Waals surface area contributed by atoms with Crippen LogP contribution in [0.5, 0.6) is 0 Å². The summed E-state index contributed by atoms with van der Waals surface area (Å²) in [4.78, 5) is 12.1. The highest BCUT2D eigenvalue weighted by molar-refractivity contribution is 9.10. The molecule has 0 spiro atoms. The molecule has 102 valence electrons. The topological polar surface area (TPSA) is 108 Å².